The quantitative estimate of drug-likeness (QED) is 0.705. The lowest BCUT2D eigenvalue weighted by Crippen LogP contribution is -2.34. The van der Waals surface area contributed by atoms with E-state index in [0.717, 1.165) is 30.4 Å². The number of amides is 2. The Morgan fingerprint density at radius 2 is 2.12 bits per heavy atom. The van der Waals surface area contributed by atoms with Crippen molar-refractivity contribution in [3.8, 4) is 0 Å². The number of fused-ring (bicyclic) bond motifs is 1. The van der Waals surface area contributed by atoms with Gasteiger partial charge in [-0.1, -0.05) is 24.6 Å². The third-order valence-electron chi connectivity index (χ3n) is 4.49. The number of anilines is 1. The lowest BCUT2D eigenvalue weighted by atomic mass is 9.88. The first-order chi connectivity index (χ1) is 12.3. The average molecular weight is 388 g/mol. The number of carbonyl (C=O) groups excluding carboxylic acids is 2. The maximum Gasteiger partial charge on any atom is 0.257 e. The molecule has 4 N–H and O–H groups in total. The Balaban J connectivity index is 1.77. The Morgan fingerprint density at radius 1 is 1.35 bits per heavy atom. The van der Waals surface area contributed by atoms with Gasteiger partial charge in [-0.2, -0.15) is 0 Å². The van der Waals surface area contributed by atoms with Crippen molar-refractivity contribution >= 4 is 45.5 Å². The number of benzene rings is 1. The van der Waals surface area contributed by atoms with Crippen LogP contribution in [0.1, 0.15) is 50.1 Å². The highest BCUT2D eigenvalue weighted by Gasteiger charge is 2.27. The first-order valence-electron chi connectivity index (χ1n) is 8.48. The molecule has 0 spiro atoms. The van der Waals surface area contributed by atoms with Crippen LogP contribution in [-0.4, -0.2) is 16.9 Å². The lowest BCUT2D eigenvalue weighted by Gasteiger charge is -2.18. The molecule has 0 radical (unpaired) electrons. The normalized spacial score (nSPS) is 15.8. The molecule has 0 saturated heterocycles. The van der Waals surface area contributed by atoms with Crippen LogP contribution in [0.15, 0.2) is 24.3 Å². The van der Waals surface area contributed by atoms with Crippen LogP contribution < -0.4 is 16.4 Å². The molecule has 1 aromatic carbocycles. The number of rotatable bonds is 3. The number of primary amides is 1. The molecule has 0 fully saturated rings. The van der Waals surface area contributed by atoms with Crippen LogP contribution in [0.5, 0.6) is 0 Å². The van der Waals surface area contributed by atoms with E-state index in [2.05, 4.69) is 17.6 Å². The number of thiophene rings is 1. The standard InChI is InChI=1S/C19H21N3O2S2/c1-10-4-3-5-12(8-10)17(24)21-19(25)22-18-15(16(20)23)13-7-6-11(2)9-14(13)26-18/h3-5,8,11H,6-7,9H2,1-2H3,(H2,20,23)(H2,21,22,24,25)/t11-/m1/s1. The van der Waals surface area contributed by atoms with E-state index in [4.69, 9.17) is 18.0 Å². The molecule has 2 aromatic rings. The molecule has 0 aliphatic heterocycles. The van der Waals surface area contributed by atoms with E-state index < -0.39 is 5.91 Å². The van der Waals surface area contributed by atoms with Gasteiger partial charge in [-0.15, -0.1) is 11.3 Å². The summed E-state index contributed by atoms with van der Waals surface area (Å²) in [5, 5.41) is 6.43. The van der Waals surface area contributed by atoms with Crippen molar-refractivity contribution in [1.29, 1.82) is 0 Å². The van der Waals surface area contributed by atoms with Crippen LogP contribution in [0.3, 0.4) is 0 Å². The van der Waals surface area contributed by atoms with Gasteiger partial charge < -0.3 is 11.1 Å². The zero-order valence-corrected chi connectivity index (χ0v) is 16.4. The van der Waals surface area contributed by atoms with Crippen molar-refractivity contribution < 1.29 is 9.59 Å². The smallest absolute Gasteiger partial charge is 0.257 e. The summed E-state index contributed by atoms with van der Waals surface area (Å²) in [6.07, 6.45) is 2.82. The molecule has 0 unspecified atom stereocenters. The zero-order valence-electron chi connectivity index (χ0n) is 14.7. The minimum Gasteiger partial charge on any atom is -0.365 e. The van der Waals surface area contributed by atoms with Gasteiger partial charge in [-0.05, 0) is 62.0 Å². The van der Waals surface area contributed by atoms with Gasteiger partial charge in [0.05, 0.1) is 5.56 Å². The summed E-state index contributed by atoms with van der Waals surface area (Å²) in [6, 6.07) is 7.26. The van der Waals surface area contributed by atoms with Crippen molar-refractivity contribution in [2.24, 2.45) is 11.7 Å². The fraction of sp³-hybridized carbons (Fsp3) is 0.316. The van der Waals surface area contributed by atoms with Gasteiger partial charge in [0.25, 0.3) is 11.8 Å². The predicted molar refractivity (Wildman–Crippen MR) is 109 cm³/mol. The van der Waals surface area contributed by atoms with E-state index in [1.807, 2.05) is 19.1 Å². The van der Waals surface area contributed by atoms with Gasteiger partial charge in [0.2, 0.25) is 0 Å². The molecule has 7 heteroatoms. The van der Waals surface area contributed by atoms with Crippen molar-refractivity contribution in [1.82, 2.24) is 5.32 Å². The van der Waals surface area contributed by atoms with Gasteiger partial charge in [-0.25, -0.2) is 0 Å². The molecule has 26 heavy (non-hydrogen) atoms. The van der Waals surface area contributed by atoms with Crippen LogP contribution >= 0.6 is 23.6 Å². The number of hydrogen-bond donors (Lipinski definition) is 3. The summed E-state index contributed by atoms with van der Waals surface area (Å²) in [5.74, 6) is -0.170. The topological polar surface area (TPSA) is 84.2 Å². The Hall–Kier alpha value is -2.25. The molecule has 1 atom stereocenters. The van der Waals surface area contributed by atoms with Crippen molar-refractivity contribution in [2.45, 2.75) is 33.1 Å². The van der Waals surface area contributed by atoms with Gasteiger partial charge in [-0.3, -0.25) is 14.9 Å². The molecule has 2 amide bonds. The van der Waals surface area contributed by atoms with E-state index in [9.17, 15) is 9.59 Å². The second kappa shape index (κ2) is 7.55. The zero-order chi connectivity index (χ0) is 18.8. The molecular weight excluding hydrogens is 366 g/mol. The summed E-state index contributed by atoms with van der Waals surface area (Å²) < 4.78 is 0. The molecule has 0 saturated carbocycles. The summed E-state index contributed by atoms with van der Waals surface area (Å²) in [4.78, 5) is 25.5. The van der Waals surface area contributed by atoms with Crippen molar-refractivity contribution in [2.75, 3.05) is 5.32 Å². The second-order valence-corrected chi connectivity index (χ2v) is 8.21. The first kappa shape index (κ1) is 18.5. The molecular formula is C19H21N3O2S2. The number of hydrogen-bond acceptors (Lipinski definition) is 4. The summed E-state index contributed by atoms with van der Waals surface area (Å²) in [7, 11) is 0. The number of nitrogens with two attached hydrogens (primary N) is 1. The molecule has 3 rings (SSSR count). The van der Waals surface area contributed by atoms with Crippen molar-refractivity contribution in [3.63, 3.8) is 0 Å². The third kappa shape index (κ3) is 3.94. The third-order valence-corrected chi connectivity index (χ3v) is 5.87. The van der Waals surface area contributed by atoms with E-state index >= 15 is 0 Å². The molecule has 1 aromatic heterocycles. The van der Waals surface area contributed by atoms with Gasteiger partial charge in [0.15, 0.2) is 5.11 Å². The second-order valence-electron chi connectivity index (χ2n) is 6.70. The SMILES string of the molecule is Cc1cccc(C(=O)NC(=S)Nc2sc3c(c2C(N)=O)CC[C@@H](C)C3)c1. The average Bonchev–Trinajstić information content (AvgIpc) is 2.91. The maximum atomic E-state index is 12.3. The minimum atomic E-state index is -0.465. The van der Waals surface area contributed by atoms with Crippen LogP contribution in [0.2, 0.25) is 0 Å². The van der Waals surface area contributed by atoms with Gasteiger partial charge in [0, 0.05) is 10.4 Å². The number of aryl methyl sites for hydroxylation is 1. The van der Waals surface area contributed by atoms with E-state index in [-0.39, 0.29) is 11.0 Å². The first-order valence-corrected chi connectivity index (χ1v) is 9.71. The summed E-state index contributed by atoms with van der Waals surface area (Å²) >= 11 is 6.76. The Labute approximate surface area is 162 Å². The fourth-order valence-electron chi connectivity index (χ4n) is 3.20. The van der Waals surface area contributed by atoms with Crippen LogP contribution in [-0.2, 0) is 12.8 Å². The van der Waals surface area contributed by atoms with E-state index in [0.29, 0.717) is 22.0 Å². The maximum absolute atomic E-state index is 12.3. The highest BCUT2D eigenvalue weighted by Crippen LogP contribution is 2.39. The highest BCUT2D eigenvalue weighted by atomic mass is 32.1. The van der Waals surface area contributed by atoms with E-state index in [1.54, 1.807) is 12.1 Å². The van der Waals surface area contributed by atoms with E-state index in [1.165, 1.54) is 16.2 Å². The Kier molecular flexibility index (Phi) is 5.38. The summed E-state index contributed by atoms with van der Waals surface area (Å²) in [6.45, 7) is 4.12. The summed E-state index contributed by atoms with van der Waals surface area (Å²) in [5.41, 5.74) is 8.65. The van der Waals surface area contributed by atoms with Gasteiger partial charge >= 0.3 is 0 Å². The number of thiocarbonyl (C=S) groups is 1. The molecule has 1 aliphatic rings. The molecule has 1 aliphatic carbocycles. The molecule has 1 heterocycles. The van der Waals surface area contributed by atoms with Crippen LogP contribution in [0.25, 0.3) is 0 Å². The largest absolute Gasteiger partial charge is 0.365 e. The lowest BCUT2D eigenvalue weighted by molar-refractivity contribution is 0.0975. The van der Waals surface area contributed by atoms with Crippen LogP contribution in [0, 0.1) is 12.8 Å². The fourth-order valence-corrected chi connectivity index (χ4v) is 4.88. The molecule has 136 valence electrons. The molecule has 0 bridgehead atoms. The highest BCUT2D eigenvalue weighted by molar-refractivity contribution is 7.80. The molecule has 5 nitrogen and oxygen atoms in total. The van der Waals surface area contributed by atoms with Crippen LogP contribution in [0.4, 0.5) is 5.00 Å². The van der Waals surface area contributed by atoms with Crippen molar-refractivity contribution in [3.05, 3.63) is 51.4 Å². The van der Waals surface area contributed by atoms with Gasteiger partial charge in [0.1, 0.15) is 5.00 Å². The minimum absolute atomic E-state index is 0.158. The number of nitrogens with one attached hydrogen (secondary N) is 2. The predicted octanol–water partition coefficient (Wildman–Crippen LogP) is 3.41. The number of carbonyl (C=O) groups is 2. The Morgan fingerprint density at radius 3 is 2.81 bits per heavy atom. The Bertz CT molecular complexity index is 889. The monoisotopic (exact) mass is 387 g/mol.